The van der Waals surface area contributed by atoms with Crippen LogP contribution in [0.25, 0.3) is 0 Å². The number of nitrogens with one attached hydrogen (secondary N) is 1. The first-order valence-electron chi connectivity index (χ1n) is 8.61. The first kappa shape index (κ1) is 21.8. The summed E-state index contributed by atoms with van der Waals surface area (Å²) in [5.74, 6) is 0.0356. The third-order valence-electron chi connectivity index (χ3n) is 4.27. The van der Waals surface area contributed by atoms with Gasteiger partial charge >= 0.3 is 0 Å². The molecule has 0 bridgehead atoms. The number of allylic oxidation sites excluding steroid dienone is 4. The van der Waals surface area contributed by atoms with Gasteiger partial charge in [0.25, 0.3) is 0 Å². The number of hydrogen-bond donors (Lipinski definition) is 3. The number of nitrogens with zero attached hydrogens (tertiary/aromatic N) is 1. The van der Waals surface area contributed by atoms with Crippen LogP contribution in [-0.2, 0) is 6.42 Å². The number of rotatable bonds is 10. The molecule has 142 valence electrons. The van der Waals surface area contributed by atoms with Crippen molar-refractivity contribution in [3.05, 3.63) is 46.3 Å². The molecule has 0 spiro atoms. The second kappa shape index (κ2) is 10.0. The highest BCUT2D eigenvalue weighted by Crippen LogP contribution is 2.29. The summed E-state index contributed by atoms with van der Waals surface area (Å²) >= 11 is 6.51. The van der Waals surface area contributed by atoms with Crippen molar-refractivity contribution in [2.45, 2.75) is 70.8 Å². The van der Waals surface area contributed by atoms with Crippen molar-refractivity contribution in [1.29, 1.82) is 0 Å². The Morgan fingerprint density at radius 2 is 2.04 bits per heavy atom. The number of aromatic amines is 1. The molecule has 2 atom stereocenters. The minimum Gasteiger partial charge on any atom is -0.732 e. The van der Waals surface area contributed by atoms with E-state index < -0.39 is 11.0 Å². The van der Waals surface area contributed by atoms with Crippen molar-refractivity contribution in [2.24, 2.45) is 0 Å². The van der Waals surface area contributed by atoms with E-state index in [2.05, 4.69) is 37.9 Å². The molecule has 1 aromatic heterocycles. The van der Waals surface area contributed by atoms with Gasteiger partial charge in [0, 0.05) is 12.6 Å². The first-order chi connectivity index (χ1) is 11.6. The van der Waals surface area contributed by atoms with E-state index in [1.165, 1.54) is 17.2 Å². The van der Waals surface area contributed by atoms with Gasteiger partial charge in [-0.25, -0.2) is 0 Å². The maximum atomic E-state index is 10.8. The summed E-state index contributed by atoms with van der Waals surface area (Å²) in [5, 5.41) is 29.8. The lowest BCUT2D eigenvalue weighted by Crippen LogP contribution is -2.35. The van der Waals surface area contributed by atoms with E-state index in [0.717, 1.165) is 24.8 Å². The molecule has 0 saturated heterocycles. The monoisotopic (exact) mass is 369 g/mol. The molecule has 1 rings (SSSR count). The van der Waals surface area contributed by atoms with Crippen molar-refractivity contribution >= 4 is 17.4 Å². The number of alkyl halides is 1. The molecule has 1 aromatic rings. The Hall–Kier alpha value is -1.27. The molecule has 0 aliphatic heterocycles. The molecule has 5 nitrogen and oxygen atoms in total. The number of halogens is 1. The first-order valence-corrected chi connectivity index (χ1v) is 8.99. The maximum absolute atomic E-state index is 10.8. The molecule has 25 heavy (non-hydrogen) atoms. The van der Waals surface area contributed by atoms with Crippen LogP contribution in [0.3, 0.4) is 0 Å². The fourth-order valence-corrected chi connectivity index (χ4v) is 2.73. The van der Waals surface area contributed by atoms with Gasteiger partial charge in [0.2, 0.25) is 0 Å². The molecule has 0 unspecified atom stereocenters. The van der Waals surface area contributed by atoms with E-state index in [0.29, 0.717) is 12.8 Å². The number of aromatic nitrogens is 1. The Bertz CT molecular complexity index is 587. The summed E-state index contributed by atoms with van der Waals surface area (Å²) in [5.41, 5.74) is 3.38. The highest BCUT2D eigenvalue weighted by molar-refractivity contribution is 6.24. The van der Waals surface area contributed by atoms with Crippen LogP contribution < -0.4 is 5.23 Å². The Labute approximate surface area is 155 Å². The minimum absolute atomic E-state index is 0.0356. The Kier molecular flexibility index (Phi) is 8.73. The van der Waals surface area contributed by atoms with Crippen LogP contribution in [-0.4, -0.2) is 26.3 Å². The molecule has 0 amide bonds. The van der Waals surface area contributed by atoms with Gasteiger partial charge in [-0.2, -0.15) is 0 Å². The lowest BCUT2D eigenvalue weighted by molar-refractivity contribution is 0.127. The van der Waals surface area contributed by atoms with E-state index in [4.69, 9.17) is 16.8 Å². The molecule has 0 aromatic carbocycles. The smallest absolute Gasteiger partial charge is 0.119 e. The molecule has 0 aliphatic rings. The number of aliphatic hydroxyl groups excluding tert-OH is 1. The average molecular weight is 370 g/mol. The molecule has 0 aliphatic carbocycles. The summed E-state index contributed by atoms with van der Waals surface area (Å²) in [6.07, 6.45) is 9.09. The van der Waals surface area contributed by atoms with Gasteiger partial charge < -0.3 is 20.5 Å². The van der Waals surface area contributed by atoms with Gasteiger partial charge in [-0.05, 0) is 65.0 Å². The molecule has 3 N–H and O–H groups in total. The highest BCUT2D eigenvalue weighted by atomic mass is 35.5. The second-order valence-corrected chi connectivity index (χ2v) is 7.94. The molecular formula is C19H30ClN2O3-. The standard InChI is InChI=1S/C19H30ClN2O3/c1-14(2)7-5-8-15(3)9-6-10-19(4,20)17(23)11-16-12-18(21-13-16)22(24)25/h7,9,12-13,17,21,23-24H,5-6,8,10-11H2,1-4H3/q-1/b15-9+/t17-,19-/m1/s1. The lowest BCUT2D eigenvalue weighted by Gasteiger charge is -2.27. The number of H-pyrrole nitrogens is 1. The van der Waals surface area contributed by atoms with E-state index in [9.17, 15) is 10.3 Å². The Morgan fingerprint density at radius 3 is 2.60 bits per heavy atom. The molecule has 0 radical (unpaired) electrons. The van der Waals surface area contributed by atoms with E-state index in [1.807, 2.05) is 6.92 Å². The highest BCUT2D eigenvalue weighted by Gasteiger charge is 2.30. The van der Waals surface area contributed by atoms with Crippen molar-refractivity contribution < 1.29 is 10.3 Å². The zero-order chi connectivity index (χ0) is 19.0. The molecule has 1 heterocycles. The van der Waals surface area contributed by atoms with Gasteiger partial charge in [-0.3, -0.25) is 5.21 Å². The summed E-state index contributed by atoms with van der Waals surface area (Å²) in [7, 11) is 0. The fraction of sp³-hybridized carbons (Fsp3) is 0.579. The van der Waals surface area contributed by atoms with Gasteiger partial charge in [0.05, 0.1) is 11.0 Å². The minimum atomic E-state index is -0.759. The van der Waals surface area contributed by atoms with Crippen molar-refractivity contribution in [2.75, 3.05) is 5.23 Å². The number of anilines is 1. The van der Waals surface area contributed by atoms with Gasteiger partial charge in [0.1, 0.15) is 5.82 Å². The van der Waals surface area contributed by atoms with Crippen LogP contribution in [0.15, 0.2) is 35.6 Å². The molecule has 0 fully saturated rings. The predicted molar refractivity (Wildman–Crippen MR) is 104 cm³/mol. The van der Waals surface area contributed by atoms with Crippen LogP contribution >= 0.6 is 11.6 Å². The van der Waals surface area contributed by atoms with Crippen molar-refractivity contribution in [3.8, 4) is 0 Å². The predicted octanol–water partition coefficient (Wildman–Crippen LogP) is 5.08. The zero-order valence-electron chi connectivity index (χ0n) is 15.6. The van der Waals surface area contributed by atoms with Crippen molar-refractivity contribution in [1.82, 2.24) is 4.98 Å². The lowest BCUT2D eigenvalue weighted by atomic mass is 9.93. The quantitative estimate of drug-likeness (QED) is 0.305. The fourth-order valence-electron chi connectivity index (χ4n) is 2.55. The third kappa shape index (κ3) is 8.10. The van der Waals surface area contributed by atoms with Crippen LogP contribution in [0, 0.1) is 5.21 Å². The normalized spacial score (nSPS) is 15.6. The Morgan fingerprint density at radius 1 is 1.36 bits per heavy atom. The van der Waals surface area contributed by atoms with Gasteiger partial charge in [-0.1, -0.05) is 23.3 Å². The van der Waals surface area contributed by atoms with E-state index in [-0.39, 0.29) is 11.0 Å². The maximum Gasteiger partial charge on any atom is 0.119 e. The zero-order valence-corrected chi connectivity index (χ0v) is 16.3. The molecular weight excluding hydrogens is 340 g/mol. The van der Waals surface area contributed by atoms with Gasteiger partial charge in [-0.15, -0.1) is 11.6 Å². The largest absolute Gasteiger partial charge is 0.732 e. The molecule has 6 heteroatoms. The van der Waals surface area contributed by atoms with E-state index >= 15 is 0 Å². The summed E-state index contributed by atoms with van der Waals surface area (Å²) in [6, 6.07) is 1.50. The summed E-state index contributed by atoms with van der Waals surface area (Å²) < 4.78 is 0. The van der Waals surface area contributed by atoms with Gasteiger partial charge in [0.15, 0.2) is 0 Å². The number of hydrogen-bond acceptors (Lipinski definition) is 4. The second-order valence-electron chi connectivity index (χ2n) is 7.07. The topological polar surface area (TPSA) is 82.5 Å². The molecule has 0 saturated carbocycles. The van der Waals surface area contributed by atoms with E-state index in [1.54, 1.807) is 6.20 Å². The van der Waals surface area contributed by atoms with Crippen LogP contribution in [0.2, 0.25) is 0 Å². The third-order valence-corrected chi connectivity index (χ3v) is 4.72. The summed E-state index contributed by atoms with van der Waals surface area (Å²) in [6.45, 7) is 8.14. The van der Waals surface area contributed by atoms with Crippen LogP contribution in [0.4, 0.5) is 5.82 Å². The van der Waals surface area contributed by atoms with Crippen LogP contribution in [0.5, 0.6) is 0 Å². The Balaban J connectivity index is 2.48. The number of aliphatic hydroxyl groups is 1. The average Bonchev–Trinajstić information content (AvgIpc) is 2.95. The summed E-state index contributed by atoms with van der Waals surface area (Å²) in [4.78, 5) is 1.88. The van der Waals surface area contributed by atoms with Crippen molar-refractivity contribution in [3.63, 3.8) is 0 Å². The van der Waals surface area contributed by atoms with Crippen LogP contribution in [0.1, 0.15) is 58.9 Å². The SMILES string of the molecule is CC(C)=CCC/C(C)=C/CC[C@@](C)(Cl)[C@H](O)Cc1c[nH]c(N([O-])O)c1.